The third-order valence-corrected chi connectivity index (χ3v) is 0. The number of carboxylic acid groups (broad SMARTS) is 6. The minimum Gasteiger partial charge on any atom is -0.450 e. The van der Waals surface area contributed by atoms with E-state index < -0.39 is 18.5 Å². The van der Waals surface area contributed by atoms with Gasteiger partial charge in [0.2, 0.25) is 0 Å². The van der Waals surface area contributed by atoms with E-state index in [9.17, 15) is 0 Å². The van der Waals surface area contributed by atoms with Crippen molar-refractivity contribution in [3.63, 3.8) is 0 Å². The van der Waals surface area contributed by atoms with E-state index in [4.69, 9.17) is 45.0 Å². The van der Waals surface area contributed by atoms with Crippen molar-refractivity contribution in [3.8, 4) is 0 Å². The summed E-state index contributed by atoms with van der Waals surface area (Å²) in [7, 11) is 0. The summed E-state index contributed by atoms with van der Waals surface area (Å²) < 4.78 is 0. The Morgan fingerprint density at radius 1 is 0.500 bits per heavy atom. The number of carbonyl (C=O) groups is 3. The molecule has 2 radical (unpaired) electrons. The van der Waals surface area contributed by atoms with Crippen LogP contribution in [0.1, 0.15) is 0 Å². The zero-order chi connectivity index (χ0) is 10.7. The van der Waals surface area contributed by atoms with Crippen molar-refractivity contribution in [3.05, 3.63) is 0 Å². The average Bonchev–Trinajstić information content (AvgIpc) is 1.54. The van der Waals surface area contributed by atoms with Crippen molar-refractivity contribution in [2.45, 2.75) is 0 Å². The van der Waals surface area contributed by atoms with Gasteiger partial charge < -0.3 is 30.6 Å². The van der Waals surface area contributed by atoms with Crippen LogP contribution in [-0.4, -0.2) is 49.1 Å². The van der Waals surface area contributed by atoms with Crippen molar-refractivity contribution in [2.24, 2.45) is 0 Å². The third kappa shape index (κ3) is 38400. The molecule has 0 saturated heterocycles. The zero-order valence-corrected chi connectivity index (χ0v) is 13.8. The first-order chi connectivity index (χ1) is 5.20. The molecule has 0 aromatic heterocycles. The molecule has 11 heteroatoms. The van der Waals surface area contributed by atoms with E-state index in [1.165, 1.54) is 0 Å². The summed E-state index contributed by atoms with van der Waals surface area (Å²) in [6.07, 6.45) is -5.50. The summed E-state index contributed by atoms with van der Waals surface area (Å²) >= 11 is 0. The molecule has 0 amide bonds. The van der Waals surface area contributed by atoms with Gasteiger partial charge in [-0.1, -0.05) is 0 Å². The Bertz CT molecular complexity index is 116. The first-order valence-corrected chi connectivity index (χ1v) is 1.95. The fourth-order valence-corrected chi connectivity index (χ4v) is 0. The van der Waals surface area contributed by atoms with Crippen LogP contribution in [0.3, 0.4) is 0 Å². The van der Waals surface area contributed by atoms with E-state index in [1.807, 2.05) is 0 Å². The van der Waals surface area contributed by atoms with Gasteiger partial charge in [-0.15, -0.1) is 0 Å². The fraction of sp³-hybridized carbons (Fsp3) is 0. The van der Waals surface area contributed by atoms with Gasteiger partial charge in [0.25, 0.3) is 0 Å². The van der Waals surface area contributed by atoms with Gasteiger partial charge in [0.15, 0.2) is 0 Å². The van der Waals surface area contributed by atoms with Crippen LogP contribution in [0, 0.1) is 71.2 Å². The van der Waals surface area contributed by atoms with Gasteiger partial charge in [-0.05, 0) is 0 Å². The van der Waals surface area contributed by atoms with Crippen LogP contribution in [0.4, 0.5) is 14.4 Å². The second-order valence-electron chi connectivity index (χ2n) is 0.848. The predicted octanol–water partition coefficient (Wildman–Crippen LogP) is 0.667. The van der Waals surface area contributed by atoms with Crippen LogP contribution in [0.25, 0.3) is 0 Å². The van der Waals surface area contributed by atoms with Crippen LogP contribution in [-0.2, 0) is 0 Å². The van der Waals surface area contributed by atoms with E-state index in [2.05, 4.69) is 0 Å². The van der Waals surface area contributed by atoms with Crippen LogP contribution in [0.5, 0.6) is 0 Å². The maximum absolute atomic E-state index is 8.56. The Morgan fingerprint density at radius 2 is 0.500 bits per heavy atom. The van der Waals surface area contributed by atoms with Crippen LogP contribution in [0.2, 0.25) is 0 Å². The summed E-state index contributed by atoms with van der Waals surface area (Å²) in [6, 6.07) is 0. The minimum atomic E-state index is -1.83. The molecule has 14 heavy (non-hydrogen) atoms. The van der Waals surface area contributed by atoms with Gasteiger partial charge in [0.1, 0.15) is 0 Å². The molecule has 0 aromatic rings. The van der Waals surface area contributed by atoms with Crippen molar-refractivity contribution in [1.82, 2.24) is 0 Å². The number of rotatable bonds is 0. The molecular formula is C3H6La2O9. The molecule has 78 valence electrons. The van der Waals surface area contributed by atoms with E-state index in [1.54, 1.807) is 0 Å². The van der Waals surface area contributed by atoms with Gasteiger partial charge in [0, 0.05) is 71.2 Å². The molecule has 0 atom stereocenters. The van der Waals surface area contributed by atoms with Crippen molar-refractivity contribution in [1.29, 1.82) is 0 Å². The Labute approximate surface area is 133 Å². The molecule has 6 N–H and O–H groups in total. The Hall–Kier alpha value is 0.200. The molecule has 0 aliphatic carbocycles. The Kier molecular flexibility index (Phi) is 48.5. The molecule has 0 unspecified atom stereocenters. The van der Waals surface area contributed by atoms with E-state index >= 15 is 0 Å². The van der Waals surface area contributed by atoms with Crippen molar-refractivity contribution < 1.29 is 116 Å². The molecule has 0 saturated carbocycles. The molecule has 0 fully saturated rings. The molecule has 9 nitrogen and oxygen atoms in total. The van der Waals surface area contributed by atoms with Gasteiger partial charge in [-0.3, -0.25) is 0 Å². The van der Waals surface area contributed by atoms with Crippen molar-refractivity contribution in [2.75, 3.05) is 0 Å². The molecule has 0 heterocycles. The Morgan fingerprint density at radius 3 is 0.500 bits per heavy atom. The first kappa shape index (κ1) is 29.2. The van der Waals surface area contributed by atoms with Crippen LogP contribution < -0.4 is 0 Å². The maximum Gasteiger partial charge on any atom is 0.503 e. The molecular weight excluding hydrogens is 458 g/mol. The van der Waals surface area contributed by atoms with Gasteiger partial charge in [0.05, 0.1) is 0 Å². The number of hydrogen-bond acceptors (Lipinski definition) is 3. The molecule has 0 aliphatic rings. The minimum absolute atomic E-state index is 0. The summed E-state index contributed by atoms with van der Waals surface area (Å²) in [5, 5.41) is 41.8. The first-order valence-electron chi connectivity index (χ1n) is 1.95. The number of hydrogen-bond donors (Lipinski definition) is 6. The van der Waals surface area contributed by atoms with E-state index in [-0.39, 0.29) is 71.2 Å². The van der Waals surface area contributed by atoms with Gasteiger partial charge in [-0.25, -0.2) is 14.4 Å². The topological polar surface area (TPSA) is 173 Å². The second kappa shape index (κ2) is 23.2. The summed E-state index contributed by atoms with van der Waals surface area (Å²) in [5.74, 6) is 0. The largest absolute Gasteiger partial charge is 0.503 e. The SMILES string of the molecule is O=C(O)O.O=C(O)O.O=C(O)O.[La].[La]. The maximum atomic E-state index is 8.56. The predicted molar refractivity (Wildman–Crippen MR) is 32.0 cm³/mol. The van der Waals surface area contributed by atoms with E-state index in [0.717, 1.165) is 0 Å². The molecule has 0 rings (SSSR count). The summed E-state index contributed by atoms with van der Waals surface area (Å²) in [4.78, 5) is 25.7. The molecule has 0 aromatic carbocycles. The van der Waals surface area contributed by atoms with Crippen molar-refractivity contribution >= 4 is 18.5 Å². The fourth-order valence-electron chi connectivity index (χ4n) is 0. The molecule has 0 spiro atoms. The third-order valence-electron chi connectivity index (χ3n) is 0. The second-order valence-corrected chi connectivity index (χ2v) is 0.848. The standard InChI is InChI=1S/3CH2O3.2La/c3*2-1(3)4;;/h3*(H2,2,3,4);;. The van der Waals surface area contributed by atoms with E-state index in [0.29, 0.717) is 0 Å². The average molecular weight is 464 g/mol. The molecule has 0 bridgehead atoms. The van der Waals surface area contributed by atoms with Crippen LogP contribution >= 0.6 is 0 Å². The summed E-state index contributed by atoms with van der Waals surface area (Å²) in [5.41, 5.74) is 0. The van der Waals surface area contributed by atoms with Gasteiger partial charge in [-0.2, -0.15) is 0 Å². The quantitative estimate of drug-likeness (QED) is 0.302. The molecule has 0 aliphatic heterocycles. The zero-order valence-electron chi connectivity index (χ0n) is 6.56. The Balaban J connectivity index is -0.0000000270. The smallest absolute Gasteiger partial charge is 0.450 e. The van der Waals surface area contributed by atoms with Gasteiger partial charge >= 0.3 is 18.5 Å². The normalized spacial score (nSPS) is 5.14. The van der Waals surface area contributed by atoms with Crippen LogP contribution in [0.15, 0.2) is 0 Å². The monoisotopic (exact) mass is 464 g/mol. The summed E-state index contributed by atoms with van der Waals surface area (Å²) in [6.45, 7) is 0.